The number of hydrogen-bond acceptors (Lipinski definition) is 5. The highest BCUT2D eigenvalue weighted by molar-refractivity contribution is 5.87. The monoisotopic (exact) mass is 411 g/mol. The van der Waals surface area contributed by atoms with Crippen molar-refractivity contribution in [2.24, 2.45) is 17.6 Å². The van der Waals surface area contributed by atoms with E-state index in [9.17, 15) is 14.4 Å². The van der Waals surface area contributed by atoms with Crippen LogP contribution >= 0.6 is 0 Å². The van der Waals surface area contributed by atoms with Gasteiger partial charge in [-0.05, 0) is 36.5 Å². The zero-order valence-electron chi connectivity index (χ0n) is 17.4. The second-order valence-electron chi connectivity index (χ2n) is 7.47. The highest BCUT2D eigenvalue weighted by atomic mass is 16.5. The average molecular weight is 411 g/mol. The molecule has 2 aromatic carbocycles. The zero-order chi connectivity index (χ0) is 22.1. The fourth-order valence-electron chi connectivity index (χ4n) is 3.36. The smallest absolute Gasteiger partial charge is 0.320 e. The number of ketones is 1. The summed E-state index contributed by atoms with van der Waals surface area (Å²) in [4.78, 5) is 35.9. The Morgan fingerprint density at radius 1 is 1.00 bits per heavy atom. The minimum Gasteiger partial charge on any atom is -0.480 e. The number of hydrogen-bond donors (Lipinski definition) is 2. The number of nitrogens with two attached hydrogens (primary N) is 1. The number of carbonyl (C=O) groups is 3. The fraction of sp³-hybridized carbons (Fsp3) is 0.375. The molecular formula is C24H29NO5. The molecule has 0 bridgehead atoms. The first-order valence-electron chi connectivity index (χ1n) is 10.1. The lowest BCUT2D eigenvalue weighted by molar-refractivity contribution is -0.148. The van der Waals surface area contributed by atoms with Crippen molar-refractivity contribution in [2.45, 2.75) is 39.2 Å². The van der Waals surface area contributed by atoms with Crippen LogP contribution in [0.4, 0.5) is 0 Å². The van der Waals surface area contributed by atoms with E-state index in [1.54, 1.807) is 13.8 Å². The molecule has 0 aromatic heterocycles. The number of ether oxygens (including phenoxy) is 1. The molecule has 0 aliphatic rings. The largest absolute Gasteiger partial charge is 0.480 e. The maximum Gasteiger partial charge on any atom is 0.320 e. The summed E-state index contributed by atoms with van der Waals surface area (Å²) in [7, 11) is 0. The second-order valence-corrected chi connectivity index (χ2v) is 7.47. The molecule has 3 N–H and O–H groups in total. The minimum atomic E-state index is -1.25. The Balaban J connectivity index is 2.15. The highest BCUT2D eigenvalue weighted by Crippen LogP contribution is 2.24. The van der Waals surface area contributed by atoms with Crippen LogP contribution in [0.15, 0.2) is 54.6 Å². The Bertz CT molecular complexity index is 848. The molecule has 0 aliphatic heterocycles. The number of carboxylic acids is 1. The first-order valence-corrected chi connectivity index (χ1v) is 10.1. The van der Waals surface area contributed by atoms with Gasteiger partial charge in [0.1, 0.15) is 11.8 Å². The van der Waals surface area contributed by atoms with Gasteiger partial charge >= 0.3 is 11.9 Å². The van der Waals surface area contributed by atoms with E-state index in [2.05, 4.69) is 0 Å². The average Bonchev–Trinajstić information content (AvgIpc) is 2.74. The molecule has 0 saturated heterocycles. The standard InChI is InChI=1S/C24H29NO5/c1-3-30-24(29)16(2)13-20(22(26)15-21(25)23(27)28)14-17-9-11-19(12-10-17)18-7-5-4-6-8-18/h4-12,16,20-21H,3,13-15,25H2,1-2H3,(H,27,28)/t16-,20+,21?/m1/s1. The Morgan fingerprint density at radius 2 is 1.60 bits per heavy atom. The van der Waals surface area contributed by atoms with Gasteiger partial charge in [0, 0.05) is 12.3 Å². The van der Waals surface area contributed by atoms with Gasteiger partial charge < -0.3 is 15.6 Å². The van der Waals surface area contributed by atoms with Gasteiger partial charge in [-0.1, -0.05) is 61.5 Å². The van der Waals surface area contributed by atoms with E-state index in [0.29, 0.717) is 6.42 Å². The summed E-state index contributed by atoms with van der Waals surface area (Å²) < 4.78 is 5.05. The van der Waals surface area contributed by atoms with Crippen LogP contribution in [0.1, 0.15) is 32.3 Å². The summed E-state index contributed by atoms with van der Waals surface area (Å²) in [6, 6.07) is 16.6. The summed E-state index contributed by atoms with van der Waals surface area (Å²) >= 11 is 0. The van der Waals surface area contributed by atoms with Crippen molar-refractivity contribution in [3.63, 3.8) is 0 Å². The maximum absolute atomic E-state index is 12.8. The van der Waals surface area contributed by atoms with Gasteiger partial charge in [-0.3, -0.25) is 14.4 Å². The molecule has 160 valence electrons. The first kappa shape index (κ1) is 23.3. The molecule has 0 fully saturated rings. The van der Waals surface area contributed by atoms with Crippen molar-refractivity contribution in [1.29, 1.82) is 0 Å². The molecule has 6 heteroatoms. The molecule has 0 heterocycles. The number of rotatable bonds is 11. The van der Waals surface area contributed by atoms with E-state index in [-0.39, 0.29) is 31.2 Å². The van der Waals surface area contributed by atoms with Crippen LogP contribution < -0.4 is 5.73 Å². The van der Waals surface area contributed by atoms with Crippen molar-refractivity contribution >= 4 is 17.7 Å². The van der Waals surface area contributed by atoms with E-state index in [1.165, 1.54) is 0 Å². The maximum atomic E-state index is 12.8. The van der Waals surface area contributed by atoms with Gasteiger partial charge in [0.2, 0.25) is 0 Å². The Hall–Kier alpha value is -2.99. The number of esters is 1. The SMILES string of the molecule is CCOC(=O)[C@H](C)C[C@@H](Cc1ccc(-c2ccccc2)cc1)C(=O)CC(N)C(=O)O. The molecule has 1 unspecified atom stereocenters. The fourth-order valence-corrected chi connectivity index (χ4v) is 3.36. The summed E-state index contributed by atoms with van der Waals surface area (Å²) in [5.74, 6) is -2.82. The van der Waals surface area contributed by atoms with Crippen LogP contribution in [0.25, 0.3) is 11.1 Å². The van der Waals surface area contributed by atoms with E-state index in [0.717, 1.165) is 16.7 Å². The van der Waals surface area contributed by atoms with E-state index >= 15 is 0 Å². The quantitative estimate of drug-likeness (QED) is 0.548. The number of carboxylic acid groups (broad SMARTS) is 1. The normalized spacial score (nSPS) is 13.8. The summed E-state index contributed by atoms with van der Waals surface area (Å²) in [6.07, 6.45) is 0.423. The Labute approximate surface area is 177 Å². The third kappa shape index (κ3) is 6.81. The van der Waals surface area contributed by atoms with Gasteiger partial charge in [-0.2, -0.15) is 0 Å². The lowest BCUT2D eigenvalue weighted by Gasteiger charge is -2.20. The third-order valence-corrected chi connectivity index (χ3v) is 5.06. The molecule has 0 saturated carbocycles. The van der Waals surface area contributed by atoms with Crippen molar-refractivity contribution in [2.75, 3.05) is 6.61 Å². The van der Waals surface area contributed by atoms with Gasteiger partial charge in [0.15, 0.2) is 0 Å². The molecule has 0 spiro atoms. The summed E-state index contributed by atoms with van der Waals surface area (Å²) in [6.45, 7) is 3.72. The topological polar surface area (TPSA) is 107 Å². The van der Waals surface area contributed by atoms with E-state index in [4.69, 9.17) is 15.6 Å². The number of aliphatic carboxylic acids is 1. The molecule has 0 amide bonds. The second kappa shape index (κ2) is 11.3. The van der Waals surface area contributed by atoms with Crippen LogP contribution in [-0.2, 0) is 25.5 Å². The number of benzene rings is 2. The lowest BCUT2D eigenvalue weighted by atomic mass is 9.84. The van der Waals surface area contributed by atoms with Crippen molar-refractivity contribution in [1.82, 2.24) is 0 Å². The molecule has 6 nitrogen and oxygen atoms in total. The number of Topliss-reactive ketones (excluding diaryl/α,β-unsaturated/α-hetero) is 1. The van der Waals surface area contributed by atoms with E-state index in [1.807, 2.05) is 54.6 Å². The predicted molar refractivity (Wildman–Crippen MR) is 115 cm³/mol. The highest BCUT2D eigenvalue weighted by Gasteiger charge is 2.28. The molecular weight excluding hydrogens is 382 g/mol. The van der Waals surface area contributed by atoms with Gasteiger partial charge in [0.05, 0.1) is 12.5 Å². The molecule has 0 aliphatic carbocycles. The van der Waals surface area contributed by atoms with Crippen LogP contribution in [0, 0.1) is 11.8 Å². The van der Waals surface area contributed by atoms with Crippen LogP contribution in [0.3, 0.4) is 0 Å². The lowest BCUT2D eigenvalue weighted by Crippen LogP contribution is -2.35. The zero-order valence-corrected chi connectivity index (χ0v) is 17.4. The Morgan fingerprint density at radius 3 is 2.17 bits per heavy atom. The van der Waals surface area contributed by atoms with Crippen molar-refractivity contribution < 1.29 is 24.2 Å². The number of carbonyl (C=O) groups excluding carboxylic acids is 2. The van der Waals surface area contributed by atoms with Crippen molar-refractivity contribution in [3.05, 3.63) is 60.2 Å². The van der Waals surface area contributed by atoms with Gasteiger partial charge in [-0.25, -0.2) is 0 Å². The minimum absolute atomic E-state index is 0.256. The summed E-state index contributed by atoms with van der Waals surface area (Å²) in [5, 5.41) is 9.03. The van der Waals surface area contributed by atoms with Gasteiger partial charge in [0.25, 0.3) is 0 Å². The molecule has 0 radical (unpaired) electrons. The van der Waals surface area contributed by atoms with Crippen LogP contribution in [0.2, 0.25) is 0 Å². The third-order valence-electron chi connectivity index (χ3n) is 5.06. The Kier molecular flexibility index (Phi) is 8.74. The molecule has 30 heavy (non-hydrogen) atoms. The molecule has 2 aromatic rings. The molecule has 2 rings (SSSR count). The predicted octanol–water partition coefficient (Wildman–Crippen LogP) is 3.47. The van der Waals surface area contributed by atoms with Crippen LogP contribution in [-0.4, -0.2) is 35.5 Å². The van der Waals surface area contributed by atoms with Crippen molar-refractivity contribution in [3.8, 4) is 11.1 Å². The summed E-state index contributed by atoms with van der Waals surface area (Å²) in [5.41, 5.74) is 8.66. The van der Waals surface area contributed by atoms with Crippen LogP contribution in [0.5, 0.6) is 0 Å². The first-order chi connectivity index (χ1) is 14.3. The van der Waals surface area contributed by atoms with Gasteiger partial charge in [-0.15, -0.1) is 0 Å². The molecule has 3 atom stereocenters. The van der Waals surface area contributed by atoms with E-state index < -0.39 is 23.8 Å².